The van der Waals surface area contributed by atoms with Gasteiger partial charge in [0.1, 0.15) is 6.04 Å². The molecule has 200 valence electrons. The van der Waals surface area contributed by atoms with Crippen LogP contribution in [0.15, 0.2) is 78.9 Å². The maximum atomic E-state index is 13.8. The summed E-state index contributed by atoms with van der Waals surface area (Å²) in [6, 6.07) is 24.7. The van der Waals surface area contributed by atoms with Crippen molar-refractivity contribution in [2.45, 2.75) is 64.1 Å². The van der Waals surface area contributed by atoms with Crippen molar-refractivity contribution in [1.82, 2.24) is 10.2 Å². The van der Waals surface area contributed by atoms with Gasteiger partial charge in [0, 0.05) is 19.0 Å². The average Bonchev–Trinajstić information content (AvgIpc) is 2.95. The zero-order valence-corrected chi connectivity index (χ0v) is 22.4. The van der Waals surface area contributed by atoms with Gasteiger partial charge in [-0.25, -0.2) is 0 Å². The van der Waals surface area contributed by atoms with E-state index in [2.05, 4.69) is 11.4 Å². The van der Waals surface area contributed by atoms with E-state index in [4.69, 9.17) is 9.47 Å². The van der Waals surface area contributed by atoms with E-state index < -0.39 is 6.04 Å². The van der Waals surface area contributed by atoms with Gasteiger partial charge in [0.05, 0.1) is 7.11 Å². The molecule has 6 heteroatoms. The molecule has 0 bridgehead atoms. The first-order valence-electron chi connectivity index (χ1n) is 13.5. The van der Waals surface area contributed by atoms with Crippen LogP contribution in [0.4, 0.5) is 0 Å². The first-order valence-corrected chi connectivity index (χ1v) is 13.5. The monoisotopic (exact) mass is 514 g/mol. The molecule has 3 aromatic rings. The normalized spacial score (nSPS) is 14.4. The SMILES string of the molecule is COc1ccccc1OCC(=O)N(Cc1cccc(C)c1)[C@H](Cc1ccccc1)C(=O)NC1CCCCC1. The second-order valence-electron chi connectivity index (χ2n) is 10.00. The number of rotatable bonds is 11. The molecule has 1 saturated carbocycles. The third-order valence-electron chi connectivity index (χ3n) is 7.08. The van der Waals surface area contributed by atoms with Crippen molar-refractivity contribution in [2.75, 3.05) is 13.7 Å². The van der Waals surface area contributed by atoms with E-state index in [0.717, 1.165) is 42.4 Å². The summed E-state index contributed by atoms with van der Waals surface area (Å²) in [6.45, 7) is 2.14. The second kappa shape index (κ2) is 13.7. The number of amides is 2. The quantitative estimate of drug-likeness (QED) is 0.368. The van der Waals surface area contributed by atoms with E-state index in [1.165, 1.54) is 6.42 Å². The predicted molar refractivity (Wildman–Crippen MR) is 149 cm³/mol. The van der Waals surface area contributed by atoms with E-state index in [0.29, 0.717) is 24.5 Å². The third kappa shape index (κ3) is 7.60. The number of nitrogens with zero attached hydrogens (tertiary/aromatic N) is 1. The molecule has 0 saturated heterocycles. The van der Waals surface area contributed by atoms with E-state index in [9.17, 15) is 9.59 Å². The molecule has 0 aromatic heterocycles. The number of carbonyl (C=O) groups excluding carboxylic acids is 2. The minimum absolute atomic E-state index is 0.112. The maximum absolute atomic E-state index is 13.8. The number of carbonyl (C=O) groups is 2. The van der Waals surface area contributed by atoms with Crippen LogP contribution in [0, 0.1) is 6.92 Å². The molecule has 0 aliphatic heterocycles. The molecule has 2 amide bonds. The fourth-order valence-electron chi connectivity index (χ4n) is 5.07. The molecule has 0 heterocycles. The molecule has 1 fully saturated rings. The highest BCUT2D eigenvalue weighted by Crippen LogP contribution is 2.26. The summed E-state index contributed by atoms with van der Waals surface area (Å²) in [4.78, 5) is 29.3. The van der Waals surface area contributed by atoms with Crippen LogP contribution >= 0.6 is 0 Å². The van der Waals surface area contributed by atoms with Crippen molar-refractivity contribution >= 4 is 11.8 Å². The van der Waals surface area contributed by atoms with Crippen molar-refractivity contribution in [3.8, 4) is 11.5 Å². The van der Waals surface area contributed by atoms with Gasteiger partial charge in [-0.1, -0.05) is 91.6 Å². The van der Waals surface area contributed by atoms with Gasteiger partial charge in [-0.05, 0) is 43.0 Å². The number of hydrogen-bond donors (Lipinski definition) is 1. The first-order chi connectivity index (χ1) is 18.5. The van der Waals surface area contributed by atoms with Crippen LogP contribution in [0.2, 0.25) is 0 Å². The molecule has 1 aliphatic rings. The minimum atomic E-state index is -0.673. The summed E-state index contributed by atoms with van der Waals surface area (Å²) >= 11 is 0. The van der Waals surface area contributed by atoms with Crippen LogP contribution in [0.25, 0.3) is 0 Å². The molecule has 0 spiro atoms. The Kier molecular flexibility index (Phi) is 9.79. The first kappa shape index (κ1) is 27.2. The third-order valence-corrected chi connectivity index (χ3v) is 7.08. The second-order valence-corrected chi connectivity index (χ2v) is 10.00. The molecule has 0 radical (unpaired) electrons. The standard InChI is InChI=1S/C32H38N2O4/c1-24-12-11-15-26(20-24)22-34(31(35)23-38-30-19-10-9-18-29(30)37-2)28(21-25-13-5-3-6-14-25)32(36)33-27-16-7-4-8-17-27/h3,5-6,9-15,18-20,27-28H,4,7-8,16-17,21-23H2,1-2H3,(H,33,36)/t28-/m1/s1. The van der Waals surface area contributed by atoms with Gasteiger partial charge in [0.15, 0.2) is 18.1 Å². The Morgan fingerprint density at radius 1 is 0.895 bits per heavy atom. The lowest BCUT2D eigenvalue weighted by Crippen LogP contribution is -2.53. The smallest absolute Gasteiger partial charge is 0.261 e. The number of methoxy groups -OCH3 is 1. The number of hydrogen-bond acceptors (Lipinski definition) is 4. The summed E-state index contributed by atoms with van der Waals surface area (Å²) in [6.07, 6.45) is 5.82. The molecule has 1 aliphatic carbocycles. The van der Waals surface area contributed by atoms with E-state index >= 15 is 0 Å². The minimum Gasteiger partial charge on any atom is -0.493 e. The lowest BCUT2D eigenvalue weighted by molar-refractivity contribution is -0.143. The Labute approximate surface area is 226 Å². The van der Waals surface area contributed by atoms with Crippen LogP contribution in [0.5, 0.6) is 11.5 Å². The van der Waals surface area contributed by atoms with Gasteiger partial charge in [-0.15, -0.1) is 0 Å². The summed E-state index contributed by atoms with van der Waals surface area (Å²) in [5.74, 6) is 0.683. The Morgan fingerprint density at radius 3 is 2.29 bits per heavy atom. The van der Waals surface area contributed by atoms with E-state index in [1.54, 1.807) is 24.1 Å². The van der Waals surface area contributed by atoms with Gasteiger partial charge in [0.25, 0.3) is 5.91 Å². The fourth-order valence-corrected chi connectivity index (χ4v) is 5.07. The lowest BCUT2D eigenvalue weighted by atomic mass is 9.94. The highest BCUT2D eigenvalue weighted by atomic mass is 16.5. The summed E-state index contributed by atoms with van der Waals surface area (Å²) < 4.78 is 11.3. The van der Waals surface area contributed by atoms with Gasteiger partial charge < -0.3 is 19.7 Å². The number of ether oxygens (including phenoxy) is 2. The molecule has 4 rings (SSSR count). The zero-order valence-electron chi connectivity index (χ0n) is 22.4. The Balaban J connectivity index is 1.62. The Hall–Kier alpha value is -3.80. The van der Waals surface area contributed by atoms with E-state index in [1.807, 2.05) is 67.6 Å². The van der Waals surface area contributed by atoms with Gasteiger partial charge in [0.2, 0.25) is 5.91 Å². The van der Waals surface area contributed by atoms with Crippen molar-refractivity contribution in [3.05, 3.63) is 95.6 Å². The number of nitrogens with one attached hydrogen (secondary N) is 1. The molecule has 1 atom stereocenters. The van der Waals surface area contributed by atoms with Gasteiger partial charge in [-0.3, -0.25) is 9.59 Å². The molecule has 6 nitrogen and oxygen atoms in total. The van der Waals surface area contributed by atoms with Crippen LogP contribution in [-0.4, -0.2) is 42.5 Å². The average molecular weight is 515 g/mol. The Morgan fingerprint density at radius 2 is 1.58 bits per heavy atom. The molecular weight excluding hydrogens is 476 g/mol. The summed E-state index contributed by atoms with van der Waals surface area (Å²) in [5.41, 5.74) is 3.08. The van der Waals surface area contributed by atoms with Crippen LogP contribution in [0.3, 0.4) is 0 Å². The van der Waals surface area contributed by atoms with Crippen molar-refractivity contribution in [1.29, 1.82) is 0 Å². The van der Waals surface area contributed by atoms with Crippen molar-refractivity contribution < 1.29 is 19.1 Å². The topological polar surface area (TPSA) is 67.9 Å². The number of benzene rings is 3. The molecular formula is C32H38N2O4. The highest BCUT2D eigenvalue weighted by Gasteiger charge is 2.32. The van der Waals surface area contributed by atoms with Crippen molar-refractivity contribution in [2.24, 2.45) is 0 Å². The summed E-state index contributed by atoms with van der Waals surface area (Å²) in [7, 11) is 1.57. The molecule has 3 aromatic carbocycles. The number of para-hydroxylation sites is 2. The Bertz CT molecular complexity index is 1190. The lowest BCUT2D eigenvalue weighted by Gasteiger charge is -2.33. The largest absolute Gasteiger partial charge is 0.493 e. The molecule has 0 unspecified atom stereocenters. The fraction of sp³-hybridized carbons (Fsp3) is 0.375. The summed E-state index contributed by atoms with van der Waals surface area (Å²) in [5, 5.41) is 3.27. The van der Waals surface area contributed by atoms with Crippen LogP contribution in [0.1, 0.15) is 48.8 Å². The van der Waals surface area contributed by atoms with Crippen molar-refractivity contribution in [3.63, 3.8) is 0 Å². The molecule has 38 heavy (non-hydrogen) atoms. The molecule has 1 N–H and O–H groups in total. The maximum Gasteiger partial charge on any atom is 0.261 e. The van der Waals surface area contributed by atoms with Crippen LogP contribution in [-0.2, 0) is 22.6 Å². The van der Waals surface area contributed by atoms with Crippen LogP contribution < -0.4 is 14.8 Å². The van der Waals surface area contributed by atoms with Gasteiger partial charge >= 0.3 is 0 Å². The zero-order chi connectivity index (χ0) is 26.7. The number of aryl methyl sites for hydroxylation is 1. The van der Waals surface area contributed by atoms with Gasteiger partial charge in [-0.2, -0.15) is 0 Å². The highest BCUT2D eigenvalue weighted by molar-refractivity contribution is 5.88. The predicted octanol–water partition coefficient (Wildman–Crippen LogP) is 5.47. The van der Waals surface area contributed by atoms with E-state index in [-0.39, 0.29) is 24.5 Å².